The fourth-order valence-electron chi connectivity index (χ4n) is 7.70. The third-order valence-electron chi connectivity index (χ3n) is 10.8. The number of ketones is 3. The first-order valence-corrected chi connectivity index (χ1v) is 18.9. The van der Waals surface area contributed by atoms with Crippen LogP contribution in [0.5, 0.6) is 28.7 Å². The van der Waals surface area contributed by atoms with E-state index in [1.54, 1.807) is 0 Å². The van der Waals surface area contributed by atoms with Crippen molar-refractivity contribution in [2.75, 3.05) is 13.7 Å². The van der Waals surface area contributed by atoms with Crippen LogP contribution in [0.3, 0.4) is 0 Å². The summed E-state index contributed by atoms with van der Waals surface area (Å²) in [6.07, 6.45) is -8.81. The standard InChI is InChI=1S/C42H38N2O18/c1-19-35(47)26(43-40(52)58-18-20-6-10-22(11-7-20)60-41(53)61-23-12-8-21(9-13-23)44(55)56)14-30(59-19)62-28-16-42(54,29(46)17-45)15-25-32(28)39(51)34-33(37(25)49)36(48)24-4-3-5-27(57-2)31(24)38(34)50/h3-13,19,26,28,30,35,45,47,49,51,54H,14-18H2,1-2H3,(H,43,52)/t19-,26-,28-,30-,35+,42-/m0/s1. The Bertz CT molecular complexity index is 2470. The average molecular weight is 859 g/mol. The van der Waals surface area contributed by atoms with Crippen LogP contribution in [0.15, 0.2) is 66.7 Å². The molecule has 0 radical (unpaired) electrons. The van der Waals surface area contributed by atoms with E-state index in [1.807, 2.05) is 0 Å². The van der Waals surface area contributed by atoms with Crippen LogP contribution in [0.1, 0.15) is 74.4 Å². The number of hydrogen-bond acceptors (Lipinski definition) is 18. The number of aliphatic hydroxyl groups is 3. The summed E-state index contributed by atoms with van der Waals surface area (Å²) in [5, 5.41) is 69.0. The van der Waals surface area contributed by atoms with Crippen LogP contribution in [0.2, 0.25) is 0 Å². The third-order valence-corrected chi connectivity index (χ3v) is 10.8. The zero-order valence-corrected chi connectivity index (χ0v) is 32.8. The number of fused-ring (bicyclic) bond motifs is 3. The van der Waals surface area contributed by atoms with Gasteiger partial charge >= 0.3 is 12.2 Å². The molecule has 0 unspecified atom stereocenters. The molecule has 62 heavy (non-hydrogen) atoms. The maximum Gasteiger partial charge on any atom is 0.519 e. The first-order valence-electron chi connectivity index (χ1n) is 18.9. The highest BCUT2D eigenvalue weighted by Crippen LogP contribution is 2.52. The molecule has 20 heteroatoms. The number of nitro benzene ring substituents is 1. The predicted molar refractivity (Wildman–Crippen MR) is 207 cm³/mol. The van der Waals surface area contributed by atoms with Gasteiger partial charge in [0.15, 0.2) is 17.9 Å². The van der Waals surface area contributed by atoms with Gasteiger partial charge in [-0.15, -0.1) is 0 Å². The van der Waals surface area contributed by atoms with E-state index in [9.17, 15) is 59.6 Å². The molecule has 4 aromatic rings. The molecule has 6 atom stereocenters. The van der Waals surface area contributed by atoms with Gasteiger partial charge in [-0.05, 0) is 42.8 Å². The Kier molecular flexibility index (Phi) is 12.0. The van der Waals surface area contributed by atoms with Gasteiger partial charge in [-0.25, -0.2) is 9.59 Å². The monoisotopic (exact) mass is 858 g/mol. The number of rotatable bonds is 11. The van der Waals surface area contributed by atoms with Gasteiger partial charge in [0.1, 0.15) is 53.7 Å². The fraction of sp³-hybridized carbons (Fsp3) is 0.310. The summed E-state index contributed by atoms with van der Waals surface area (Å²) in [4.78, 5) is 76.0. The molecule has 4 aromatic carbocycles. The van der Waals surface area contributed by atoms with Crippen LogP contribution < -0.4 is 19.5 Å². The summed E-state index contributed by atoms with van der Waals surface area (Å²) in [5.41, 5.74) is -4.05. The number of carbonyl (C=O) groups excluding carboxylic acids is 5. The highest BCUT2D eigenvalue weighted by atomic mass is 16.7. The zero-order valence-electron chi connectivity index (χ0n) is 32.8. The topological polar surface area (TPSA) is 297 Å². The Labute approximate surface area is 350 Å². The lowest BCUT2D eigenvalue weighted by Crippen LogP contribution is -2.56. The molecule has 1 saturated heterocycles. The van der Waals surface area contributed by atoms with Crippen molar-refractivity contribution in [3.8, 4) is 28.7 Å². The van der Waals surface area contributed by atoms with Gasteiger partial charge < -0.3 is 59.3 Å². The molecular formula is C42H38N2O18. The number of Topliss-reactive ketones (excluding diaryl/α,β-unsaturated/α-hetero) is 1. The number of amides is 1. The lowest BCUT2D eigenvalue weighted by atomic mass is 9.72. The smallest absolute Gasteiger partial charge is 0.507 e. The molecule has 0 aromatic heterocycles. The summed E-state index contributed by atoms with van der Waals surface area (Å²) in [5.74, 6) is -4.20. The van der Waals surface area contributed by atoms with Gasteiger partial charge in [0.2, 0.25) is 5.78 Å². The number of carbonyl (C=O) groups is 5. The second-order valence-electron chi connectivity index (χ2n) is 14.7. The highest BCUT2D eigenvalue weighted by Gasteiger charge is 2.50. The molecular weight excluding hydrogens is 820 g/mol. The maximum atomic E-state index is 13.9. The van der Waals surface area contributed by atoms with Crippen LogP contribution in [-0.4, -0.2) is 104 Å². The largest absolute Gasteiger partial charge is 0.519 e. The highest BCUT2D eigenvalue weighted by molar-refractivity contribution is 6.31. The molecule has 6 N–H and O–H groups in total. The number of aromatic hydroxyl groups is 2. The Morgan fingerprint density at radius 2 is 1.58 bits per heavy atom. The summed E-state index contributed by atoms with van der Waals surface area (Å²) in [6.45, 7) is 0.0900. The molecule has 0 saturated carbocycles. The summed E-state index contributed by atoms with van der Waals surface area (Å²) in [7, 11) is 1.29. The van der Waals surface area contributed by atoms with Gasteiger partial charge in [-0.1, -0.05) is 24.3 Å². The quantitative estimate of drug-likeness (QED) is 0.0364. The minimum atomic E-state index is -2.39. The third kappa shape index (κ3) is 8.24. The lowest BCUT2D eigenvalue weighted by Gasteiger charge is -2.42. The van der Waals surface area contributed by atoms with E-state index < -0.39 is 113 Å². The molecule has 2 aliphatic carbocycles. The van der Waals surface area contributed by atoms with Crippen molar-refractivity contribution in [1.82, 2.24) is 5.32 Å². The number of nitrogens with one attached hydrogen (secondary N) is 1. The van der Waals surface area contributed by atoms with Crippen molar-refractivity contribution in [3.05, 3.63) is 116 Å². The first-order chi connectivity index (χ1) is 29.5. The number of alkyl carbamates (subject to hydrolysis) is 1. The van der Waals surface area contributed by atoms with Crippen molar-refractivity contribution >= 4 is 35.3 Å². The number of nitrogens with zero attached hydrogens (tertiary/aromatic N) is 1. The number of phenolic OH excluding ortho intramolecular Hbond substituents is 2. The van der Waals surface area contributed by atoms with E-state index in [2.05, 4.69) is 5.32 Å². The van der Waals surface area contributed by atoms with Crippen molar-refractivity contribution in [3.63, 3.8) is 0 Å². The van der Waals surface area contributed by atoms with Crippen LogP contribution in [0, 0.1) is 10.1 Å². The Balaban J connectivity index is 1.04. The molecule has 1 amide bonds. The predicted octanol–water partition coefficient (Wildman–Crippen LogP) is 3.46. The summed E-state index contributed by atoms with van der Waals surface area (Å²) in [6, 6.07) is 13.7. The zero-order chi connectivity index (χ0) is 44.6. The van der Waals surface area contributed by atoms with Crippen molar-refractivity contribution in [1.29, 1.82) is 0 Å². The number of benzene rings is 4. The second-order valence-corrected chi connectivity index (χ2v) is 14.7. The fourth-order valence-corrected chi connectivity index (χ4v) is 7.70. The van der Waals surface area contributed by atoms with Crippen molar-refractivity contribution in [2.45, 2.75) is 69.0 Å². The number of phenols is 2. The first kappa shape index (κ1) is 43.1. The van der Waals surface area contributed by atoms with Crippen LogP contribution >= 0.6 is 0 Å². The Morgan fingerprint density at radius 1 is 0.935 bits per heavy atom. The van der Waals surface area contributed by atoms with Crippen molar-refractivity contribution in [2.24, 2.45) is 0 Å². The number of ether oxygens (including phenoxy) is 6. The number of nitro groups is 1. The number of hydrogen-bond donors (Lipinski definition) is 6. The van der Waals surface area contributed by atoms with E-state index in [0.717, 1.165) is 12.1 Å². The lowest BCUT2D eigenvalue weighted by molar-refractivity contribution is -0.384. The van der Waals surface area contributed by atoms with Crippen LogP contribution in [0.25, 0.3) is 0 Å². The number of aliphatic hydroxyl groups excluding tert-OH is 2. The van der Waals surface area contributed by atoms with E-state index >= 15 is 0 Å². The maximum absolute atomic E-state index is 13.9. The molecule has 1 fully saturated rings. The SMILES string of the molecule is COc1cccc2c1C(=O)c1c(O)c3c(c(O)c1C2=O)C[C@@](O)(C(=O)CO)C[C@@H]3O[C@H]1C[C@H](NC(=O)OCc2ccc(OC(=O)Oc3ccc([N+](=O)[O-])cc3)cc2)[C@H](O)[C@H](C)O1. The number of non-ortho nitro benzene ring substituents is 1. The molecule has 1 aliphatic heterocycles. The summed E-state index contributed by atoms with van der Waals surface area (Å²) >= 11 is 0. The molecule has 0 bridgehead atoms. The van der Waals surface area contributed by atoms with Crippen molar-refractivity contribution < 1.29 is 82.8 Å². The van der Waals surface area contributed by atoms with Crippen LogP contribution in [-0.2, 0) is 32.0 Å². The minimum absolute atomic E-state index is 0.0160. The molecule has 1 heterocycles. The van der Waals surface area contributed by atoms with E-state index in [-0.39, 0.29) is 58.2 Å². The molecule has 20 nitrogen and oxygen atoms in total. The molecule has 7 rings (SSSR count). The normalized spacial score (nSPS) is 22.6. The van der Waals surface area contributed by atoms with E-state index in [4.69, 9.17) is 28.4 Å². The van der Waals surface area contributed by atoms with Crippen LogP contribution in [0.4, 0.5) is 15.3 Å². The van der Waals surface area contributed by atoms with Gasteiger partial charge in [-0.2, -0.15) is 0 Å². The minimum Gasteiger partial charge on any atom is -0.507 e. The van der Waals surface area contributed by atoms with Gasteiger partial charge in [0.25, 0.3) is 5.69 Å². The van der Waals surface area contributed by atoms with Gasteiger partial charge in [0, 0.05) is 48.1 Å². The second kappa shape index (κ2) is 17.2. The Morgan fingerprint density at radius 3 is 2.21 bits per heavy atom. The van der Waals surface area contributed by atoms with Gasteiger partial charge in [0.05, 0.1) is 47.0 Å². The summed E-state index contributed by atoms with van der Waals surface area (Å²) < 4.78 is 32.8. The van der Waals surface area contributed by atoms with E-state index in [0.29, 0.717) is 5.56 Å². The molecule has 0 spiro atoms. The Hall–Kier alpha value is -6.97. The number of methoxy groups -OCH3 is 1. The molecule has 324 valence electrons. The van der Waals surface area contributed by atoms with E-state index in [1.165, 1.54) is 68.6 Å². The van der Waals surface area contributed by atoms with Gasteiger partial charge in [-0.3, -0.25) is 24.5 Å². The molecule has 3 aliphatic rings. The average Bonchev–Trinajstić information content (AvgIpc) is 3.24.